The molecule has 1 aliphatic rings. The van der Waals surface area contributed by atoms with Crippen molar-refractivity contribution in [2.45, 2.75) is 44.4 Å². The summed E-state index contributed by atoms with van der Waals surface area (Å²) >= 11 is 0. The molecule has 0 saturated carbocycles. The van der Waals surface area contributed by atoms with Crippen molar-refractivity contribution >= 4 is 35.9 Å². The summed E-state index contributed by atoms with van der Waals surface area (Å²) in [5, 5.41) is 4.73. The zero-order chi connectivity index (χ0) is 23.5. The van der Waals surface area contributed by atoms with Crippen LogP contribution >= 0.6 is 0 Å². The second-order valence-electron chi connectivity index (χ2n) is 7.24. The van der Waals surface area contributed by atoms with E-state index >= 15 is 0 Å². The van der Waals surface area contributed by atoms with Crippen LogP contribution in [0, 0.1) is 0 Å². The molecule has 4 N–H and O–H groups in total. The number of carbonyl (C=O) groups is 6. The Balaban J connectivity index is 1.93. The normalized spacial score (nSPS) is 16.0. The Bertz CT molecular complexity index is 859. The average molecular weight is 446 g/mol. The average Bonchev–Trinajstić information content (AvgIpc) is 3.28. The molecule has 0 spiro atoms. The highest BCUT2D eigenvalue weighted by Gasteiger charge is 2.29. The van der Waals surface area contributed by atoms with E-state index in [-0.39, 0.29) is 26.0 Å². The smallest absolute Gasteiger partial charge is 0.408 e. The fourth-order valence-electron chi connectivity index (χ4n) is 3.21. The second-order valence-corrected chi connectivity index (χ2v) is 7.24. The minimum absolute atomic E-state index is 0.0399. The van der Waals surface area contributed by atoms with Crippen LogP contribution in [0.2, 0.25) is 0 Å². The number of hydrogen-bond acceptors (Lipinski definition) is 7. The van der Waals surface area contributed by atoms with Crippen molar-refractivity contribution < 1.29 is 33.5 Å². The largest absolute Gasteiger partial charge is 0.445 e. The van der Waals surface area contributed by atoms with Gasteiger partial charge in [-0.15, -0.1) is 0 Å². The van der Waals surface area contributed by atoms with Crippen molar-refractivity contribution in [1.29, 1.82) is 0 Å². The number of aldehydes is 1. The molecule has 11 heteroatoms. The molecule has 1 aromatic carbocycles. The Morgan fingerprint density at radius 2 is 1.91 bits per heavy atom. The summed E-state index contributed by atoms with van der Waals surface area (Å²) in [7, 11) is 0. The maximum absolute atomic E-state index is 12.6. The van der Waals surface area contributed by atoms with E-state index in [1.165, 1.54) is 4.90 Å². The molecule has 1 aromatic rings. The first-order chi connectivity index (χ1) is 15.3. The molecule has 1 unspecified atom stereocenters. The SMILES string of the molecule is NC(=O)C(=O)CCC(NC(=O)OCc1ccccc1)C(=O)NCC(=O)N1CCC[C@H]1C=O. The number of carbonyl (C=O) groups excluding carboxylic acids is 6. The first-order valence-corrected chi connectivity index (χ1v) is 10.1. The predicted molar refractivity (Wildman–Crippen MR) is 111 cm³/mol. The molecule has 2 atom stereocenters. The summed E-state index contributed by atoms with van der Waals surface area (Å²) in [6.45, 7) is -0.00927. The van der Waals surface area contributed by atoms with E-state index in [2.05, 4.69) is 10.6 Å². The molecule has 11 nitrogen and oxygen atoms in total. The topological polar surface area (TPSA) is 165 Å². The molecule has 172 valence electrons. The van der Waals surface area contributed by atoms with Crippen LogP contribution in [0.1, 0.15) is 31.2 Å². The Morgan fingerprint density at radius 1 is 1.19 bits per heavy atom. The van der Waals surface area contributed by atoms with Crippen molar-refractivity contribution in [1.82, 2.24) is 15.5 Å². The lowest BCUT2D eigenvalue weighted by Gasteiger charge is -2.22. The molecule has 0 bridgehead atoms. The lowest BCUT2D eigenvalue weighted by atomic mass is 10.1. The van der Waals surface area contributed by atoms with Gasteiger partial charge in [-0.05, 0) is 24.8 Å². The highest BCUT2D eigenvalue weighted by atomic mass is 16.5. The molecule has 1 fully saturated rings. The summed E-state index contributed by atoms with van der Waals surface area (Å²) in [5.41, 5.74) is 5.66. The van der Waals surface area contributed by atoms with Gasteiger partial charge in [0.2, 0.25) is 17.6 Å². The van der Waals surface area contributed by atoms with Gasteiger partial charge in [0.1, 0.15) is 18.9 Å². The van der Waals surface area contributed by atoms with Crippen molar-refractivity contribution in [3.63, 3.8) is 0 Å². The Hall–Kier alpha value is -3.76. The third-order valence-corrected chi connectivity index (χ3v) is 4.95. The van der Waals surface area contributed by atoms with Crippen molar-refractivity contribution in [2.75, 3.05) is 13.1 Å². The number of Topliss-reactive ketones (excluding diaryl/α,β-unsaturated/α-hetero) is 1. The quantitative estimate of drug-likeness (QED) is 0.302. The van der Waals surface area contributed by atoms with Crippen LogP contribution in [0.5, 0.6) is 0 Å². The van der Waals surface area contributed by atoms with Gasteiger partial charge in [-0.3, -0.25) is 19.2 Å². The van der Waals surface area contributed by atoms with Crippen LogP contribution in [-0.2, 0) is 35.3 Å². The first kappa shape index (κ1) is 24.5. The van der Waals surface area contributed by atoms with E-state index in [4.69, 9.17) is 10.5 Å². The maximum atomic E-state index is 12.6. The minimum atomic E-state index is -1.24. The highest BCUT2D eigenvalue weighted by Crippen LogP contribution is 2.15. The molecule has 32 heavy (non-hydrogen) atoms. The molecule has 4 amide bonds. The summed E-state index contributed by atoms with van der Waals surface area (Å²) < 4.78 is 5.08. The number of primary amides is 1. The number of rotatable bonds is 11. The van der Waals surface area contributed by atoms with E-state index in [1.807, 2.05) is 0 Å². The van der Waals surface area contributed by atoms with Gasteiger partial charge in [-0.25, -0.2) is 4.79 Å². The van der Waals surface area contributed by atoms with Gasteiger partial charge >= 0.3 is 6.09 Å². The minimum Gasteiger partial charge on any atom is -0.445 e. The third-order valence-electron chi connectivity index (χ3n) is 4.95. The number of nitrogens with zero attached hydrogens (tertiary/aromatic N) is 1. The van der Waals surface area contributed by atoms with Crippen LogP contribution in [0.4, 0.5) is 4.79 Å². The highest BCUT2D eigenvalue weighted by molar-refractivity contribution is 6.35. The molecule has 1 aliphatic heterocycles. The van der Waals surface area contributed by atoms with Gasteiger partial charge in [0.25, 0.3) is 5.91 Å². The van der Waals surface area contributed by atoms with E-state index in [9.17, 15) is 28.8 Å². The number of amides is 4. The van der Waals surface area contributed by atoms with E-state index in [1.54, 1.807) is 30.3 Å². The van der Waals surface area contributed by atoms with Gasteiger partial charge < -0.3 is 30.8 Å². The fourth-order valence-corrected chi connectivity index (χ4v) is 3.21. The molecule has 0 aliphatic carbocycles. The van der Waals surface area contributed by atoms with E-state index < -0.39 is 41.7 Å². The Kier molecular flexibility index (Phi) is 9.33. The summed E-state index contributed by atoms with van der Waals surface area (Å²) in [6.07, 6.45) is 0.441. The number of likely N-dealkylation sites (tertiary alicyclic amines) is 1. The number of benzene rings is 1. The van der Waals surface area contributed by atoms with Gasteiger partial charge in [0.05, 0.1) is 12.6 Å². The van der Waals surface area contributed by atoms with Crippen molar-refractivity contribution in [3.8, 4) is 0 Å². The maximum Gasteiger partial charge on any atom is 0.408 e. The van der Waals surface area contributed by atoms with Crippen molar-refractivity contribution in [3.05, 3.63) is 35.9 Å². The van der Waals surface area contributed by atoms with Gasteiger partial charge in [-0.2, -0.15) is 0 Å². The molecule has 1 saturated heterocycles. The monoisotopic (exact) mass is 446 g/mol. The van der Waals surface area contributed by atoms with Crippen LogP contribution in [0.25, 0.3) is 0 Å². The summed E-state index contributed by atoms with van der Waals surface area (Å²) in [4.78, 5) is 71.9. The first-order valence-electron chi connectivity index (χ1n) is 10.1. The van der Waals surface area contributed by atoms with Crippen LogP contribution in [0.3, 0.4) is 0 Å². The predicted octanol–water partition coefficient (Wildman–Crippen LogP) is -0.578. The zero-order valence-electron chi connectivity index (χ0n) is 17.5. The number of hydrogen-bond donors (Lipinski definition) is 3. The molecule has 1 heterocycles. The van der Waals surface area contributed by atoms with Crippen LogP contribution in [0.15, 0.2) is 30.3 Å². The molecule has 0 radical (unpaired) electrons. The second kappa shape index (κ2) is 12.2. The molecule has 2 rings (SSSR count). The summed E-state index contributed by atoms with van der Waals surface area (Å²) in [5.74, 6) is -3.23. The van der Waals surface area contributed by atoms with Crippen molar-refractivity contribution in [2.24, 2.45) is 5.73 Å². The number of ketones is 1. The Morgan fingerprint density at radius 3 is 2.56 bits per heavy atom. The Labute approximate surface area is 184 Å². The number of nitrogens with one attached hydrogen (secondary N) is 2. The standard InChI is InChI=1S/C21H26N4O7/c22-19(29)17(27)9-8-16(24-21(31)32-13-14-5-2-1-3-6-14)20(30)23-11-18(28)25-10-4-7-15(25)12-26/h1-3,5-6,12,15-16H,4,7-11,13H2,(H2,22,29)(H,23,30)(H,24,31)/t15-,16?/m0/s1. The van der Waals surface area contributed by atoms with E-state index in [0.717, 1.165) is 5.56 Å². The zero-order valence-corrected chi connectivity index (χ0v) is 17.5. The number of ether oxygens (including phenoxy) is 1. The number of nitrogens with two attached hydrogens (primary N) is 1. The lowest BCUT2D eigenvalue weighted by molar-refractivity contribution is -0.136. The summed E-state index contributed by atoms with van der Waals surface area (Å²) in [6, 6.07) is 7.09. The van der Waals surface area contributed by atoms with Gasteiger partial charge in [0.15, 0.2) is 0 Å². The molecular formula is C21H26N4O7. The van der Waals surface area contributed by atoms with Gasteiger partial charge in [-0.1, -0.05) is 30.3 Å². The fraction of sp³-hybridized carbons (Fsp3) is 0.429. The number of alkyl carbamates (subject to hydrolysis) is 1. The van der Waals surface area contributed by atoms with Gasteiger partial charge in [0, 0.05) is 13.0 Å². The molecule has 0 aromatic heterocycles. The van der Waals surface area contributed by atoms with Crippen LogP contribution in [-0.4, -0.2) is 66.0 Å². The van der Waals surface area contributed by atoms with E-state index in [0.29, 0.717) is 25.7 Å². The van der Waals surface area contributed by atoms with Crippen LogP contribution < -0.4 is 16.4 Å². The molecular weight excluding hydrogens is 420 g/mol. The third kappa shape index (κ3) is 7.49. The lowest BCUT2D eigenvalue weighted by Crippen LogP contribution is -2.50.